The van der Waals surface area contributed by atoms with Gasteiger partial charge in [-0.3, -0.25) is 4.79 Å². The Morgan fingerprint density at radius 3 is 2.53 bits per heavy atom. The maximum atomic E-state index is 12.3. The van der Waals surface area contributed by atoms with Gasteiger partial charge in [-0.2, -0.15) is 4.31 Å². The number of carbonyl (C=O) groups is 1. The Morgan fingerprint density at radius 2 is 2.05 bits per heavy atom. The number of rotatable bonds is 3. The molecule has 1 saturated heterocycles. The lowest BCUT2D eigenvalue weighted by atomic mass is 10.1. The van der Waals surface area contributed by atoms with E-state index in [1.165, 1.54) is 22.6 Å². The Kier molecular flexibility index (Phi) is 4.27. The van der Waals surface area contributed by atoms with E-state index in [1.54, 1.807) is 29.5 Å². The van der Waals surface area contributed by atoms with E-state index in [1.807, 2.05) is 0 Å². The van der Waals surface area contributed by atoms with Gasteiger partial charge in [0.15, 0.2) is 0 Å². The lowest BCUT2D eigenvalue weighted by molar-refractivity contribution is -0.130. The van der Waals surface area contributed by atoms with Crippen molar-refractivity contribution in [1.29, 1.82) is 0 Å². The molecule has 0 N–H and O–H groups in total. The normalized spacial score (nSPS) is 18.4. The van der Waals surface area contributed by atoms with Gasteiger partial charge in [0, 0.05) is 33.1 Å². The van der Waals surface area contributed by atoms with Gasteiger partial charge >= 0.3 is 0 Å². The van der Waals surface area contributed by atoms with Gasteiger partial charge in [-0.05, 0) is 24.3 Å². The monoisotopic (exact) mass is 302 g/mol. The lowest BCUT2D eigenvalue weighted by Gasteiger charge is -2.35. The molecule has 0 saturated carbocycles. The Bertz CT molecular complexity index is 531. The Morgan fingerprint density at radius 1 is 1.42 bits per heavy atom. The number of amides is 1. The van der Waals surface area contributed by atoms with E-state index >= 15 is 0 Å². The molecule has 5 nitrogen and oxygen atoms in total. The fourth-order valence-corrected chi connectivity index (χ4v) is 4.88. The third-order valence-corrected chi connectivity index (χ3v) is 6.83. The van der Waals surface area contributed by atoms with E-state index in [0.29, 0.717) is 30.1 Å². The van der Waals surface area contributed by atoms with Crippen LogP contribution in [0, 0.1) is 0 Å². The number of nitrogens with zero attached hydrogens (tertiary/aromatic N) is 2. The maximum Gasteiger partial charge on any atom is 0.252 e. The minimum absolute atomic E-state index is 0.0274. The average Bonchev–Trinajstić information content (AvgIpc) is 2.92. The topological polar surface area (TPSA) is 57.7 Å². The van der Waals surface area contributed by atoms with Gasteiger partial charge in [0.2, 0.25) is 5.91 Å². The number of hydrogen-bond donors (Lipinski definition) is 0. The summed E-state index contributed by atoms with van der Waals surface area (Å²) in [5.41, 5.74) is 0. The Hall–Kier alpha value is -0.920. The summed E-state index contributed by atoms with van der Waals surface area (Å²) in [5.74, 6) is 0.0274. The minimum Gasteiger partial charge on any atom is -0.343 e. The summed E-state index contributed by atoms with van der Waals surface area (Å²) in [4.78, 5) is 13.0. The first-order valence-corrected chi connectivity index (χ1v) is 8.52. The van der Waals surface area contributed by atoms with Crippen molar-refractivity contribution in [2.75, 3.05) is 20.1 Å². The SMILES string of the molecule is CC(=O)N(C)C1CCN(S(=O)(=O)c2cccs2)CC1. The zero-order valence-corrected chi connectivity index (χ0v) is 12.7. The highest BCUT2D eigenvalue weighted by Gasteiger charge is 2.31. The number of carbonyl (C=O) groups excluding carboxylic acids is 1. The van der Waals surface area contributed by atoms with E-state index in [2.05, 4.69) is 0 Å². The number of piperidine rings is 1. The van der Waals surface area contributed by atoms with Crippen LogP contribution in [0.4, 0.5) is 0 Å². The standard InChI is InChI=1S/C12H18N2O3S2/c1-10(15)13(2)11-5-7-14(8-6-11)19(16,17)12-4-3-9-18-12/h3-4,9,11H,5-8H2,1-2H3. The predicted molar refractivity (Wildman–Crippen MR) is 74.5 cm³/mol. The van der Waals surface area contributed by atoms with Crippen LogP contribution < -0.4 is 0 Å². The van der Waals surface area contributed by atoms with Crippen LogP contribution in [0.15, 0.2) is 21.7 Å². The van der Waals surface area contributed by atoms with Crippen molar-refractivity contribution in [2.24, 2.45) is 0 Å². The average molecular weight is 302 g/mol. The molecule has 0 aliphatic carbocycles. The Balaban J connectivity index is 2.03. The van der Waals surface area contributed by atoms with Crippen LogP contribution in [0.1, 0.15) is 19.8 Å². The molecule has 1 fully saturated rings. The molecule has 0 atom stereocenters. The summed E-state index contributed by atoms with van der Waals surface area (Å²) >= 11 is 1.24. The molecule has 0 aromatic carbocycles. The van der Waals surface area contributed by atoms with Crippen molar-refractivity contribution >= 4 is 27.3 Å². The zero-order valence-electron chi connectivity index (χ0n) is 11.1. The highest BCUT2D eigenvalue weighted by Crippen LogP contribution is 2.25. The Labute approximate surface area is 117 Å². The van der Waals surface area contributed by atoms with E-state index in [4.69, 9.17) is 0 Å². The second kappa shape index (κ2) is 5.60. The molecule has 0 radical (unpaired) electrons. The number of hydrogen-bond acceptors (Lipinski definition) is 4. The molecule has 19 heavy (non-hydrogen) atoms. The molecule has 2 heterocycles. The third kappa shape index (κ3) is 2.98. The van der Waals surface area contributed by atoms with Crippen LogP contribution in [-0.4, -0.2) is 49.7 Å². The second-order valence-corrected chi connectivity index (χ2v) is 7.81. The lowest BCUT2D eigenvalue weighted by Crippen LogP contribution is -2.46. The van der Waals surface area contributed by atoms with Gasteiger partial charge in [-0.25, -0.2) is 8.42 Å². The highest BCUT2D eigenvalue weighted by atomic mass is 32.2. The molecule has 1 amide bonds. The molecule has 1 aromatic rings. The van der Waals surface area contributed by atoms with Crippen LogP contribution >= 0.6 is 11.3 Å². The van der Waals surface area contributed by atoms with Gasteiger partial charge < -0.3 is 4.90 Å². The zero-order chi connectivity index (χ0) is 14.0. The smallest absolute Gasteiger partial charge is 0.252 e. The minimum atomic E-state index is -3.34. The molecule has 7 heteroatoms. The third-order valence-electron chi connectivity index (χ3n) is 3.56. The van der Waals surface area contributed by atoms with Gasteiger partial charge in [0.25, 0.3) is 10.0 Å². The van der Waals surface area contributed by atoms with Gasteiger partial charge in [-0.15, -0.1) is 11.3 Å². The summed E-state index contributed by atoms with van der Waals surface area (Å²) in [6, 6.07) is 3.52. The molecular weight excluding hydrogens is 284 g/mol. The molecular formula is C12H18N2O3S2. The molecule has 0 unspecified atom stereocenters. The first-order valence-electron chi connectivity index (χ1n) is 6.20. The molecule has 0 bridgehead atoms. The largest absolute Gasteiger partial charge is 0.343 e. The molecule has 2 rings (SSSR count). The highest BCUT2D eigenvalue weighted by molar-refractivity contribution is 7.91. The van der Waals surface area contributed by atoms with Crippen molar-refractivity contribution in [2.45, 2.75) is 30.0 Å². The fourth-order valence-electron chi connectivity index (χ4n) is 2.26. The summed E-state index contributed by atoms with van der Waals surface area (Å²) in [5, 5.41) is 1.77. The second-order valence-electron chi connectivity index (χ2n) is 4.70. The van der Waals surface area contributed by atoms with E-state index in [9.17, 15) is 13.2 Å². The first-order chi connectivity index (χ1) is 8.93. The molecule has 1 aliphatic heterocycles. The molecule has 106 valence electrons. The van der Waals surface area contributed by atoms with E-state index in [-0.39, 0.29) is 11.9 Å². The van der Waals surface area contributed by atoms with Gasteiger partial charge in [-0.1, -0.05) is 6.07 Å². The maximum absolute atomic E-state index is 12.3. The van der Waals surface area contributed by atoms with Crippen LogP contribution in [0.5, 0.6) is 0 Å². The van der Waals surface area contributed by atoms with Crippen LogP contribution in [0.3, 0.4) is 0 Å². The van der Waals surface area contributed by atoms with Crippen molar-refractivity contribution in [3.05, 3.63) is 17.5 Å². The van der Waals surface area contributed by atoms with Crippen molar-refractivity contribution < 1.29 is 13.2 Å². The first kappa shape index (κ1) is 14.5. The number of sulfonamides is 1. The van der Waals surface area contributed by atoms with Crippen molar-refractivity contribution in [3.8, 4) is 0 Å². The van der Waals surface area contributed by atoms with Gasteiger partial charge in [0.1, 0.15) is 4.21 Å². The molecule has 1 aliphatic rings. The molecule has 0 spiro atoms. The predicted octanol–water partition coefficient (Wildman–Crippen LogP) is 1.38. The van der Waals surface area contributed by atoms with E-state index in [0.717, 1.165) is 0 Å². The van der Waals surface area contributed by atoms with Gasteiger partial charge in [0.05, 0.1) is 0 Å². The summed E-state index contributed by atoms with van der Waals surface area (Å²) in [6.07, 6.45) is 1.39. The van der Waals surface area contributed by atoms with E-state index < -0.39 is 10.0 Å². The summed E-state index contributed by atoms with van der Waals surface area (Å²) < 4.78 is 26.5. The summed E-state index contributed by atoms with van der Waals surface area (Å²) in [7, 11) is -1.57. The van der Waals surface area contributed by atoms with Crippen molar-refractivity contribution in [1.82, 2.24) is 9.21 Å². The van der Waals surface area contributed by atoms with Crippen LogP contribution in [0.25, 0.3) is 0 Å². The quantitative estimate of drug-likeness (QED) is 0.847. The fraction of sp³-hybridized carbons (Fsp3) is 0.583. The van der Waals surface area contributed by atoms with Crippen LogP contribution in [-0.2, 0) is 14.8 Å². The molecule has 1 aromatic heterocycles. The summed E-state index contributed by atoms with van der Waals surface area (Å²) in [6.45, 7) is 2.49. The van der Waals surface area contributed by atoms with Crippen molar-refractivity contribution in [3.63, 3.8) is 0 Å². The number of thiophene rings is 1. The van der Waals surface area contributed by atoms with Crippen LogP contribution in [0.2, 0.25) is 0 Å².